The highest BCUT2D eigenvalue weighted by Gasteiger charge is 2.18. The summed E-state index contributed by atoms with van der Waals surface area (Å²) in [5.74, 6) is -0.0614. The lowest BCUT2D eigenvalue weighted by Gasteiger charge is -2.12. The molecule has 0 aliphatic rings. The van der Waals surface area contributed by atoms with E-state index in [0.717, 1.165) is 15.4 Å². The quantitative estimate of drug-likeness (QED) is 0.249. The number of halogens is 1. The summed E-state index contributed by atoms with van der Waals surface area (Å²) < 4.78 is 2.49. The van der Waals surface area contributed by atoms with Gasteiger partial charge in [0.2, 0.25) is 5.91 Å². The predicted octanol–water partition coefficient (Wildman–Crippen LogP) is 5.36. The van der Waals surface area contributed by atoms with Gasteiger partial charge in [-0.1, -0.05) is 64.1 Å². The largest absolute Gasteiger partial charge is 0.349 e. The maximum atomic E-state index is 13.5. The van der Waals surface area contributed by atoms with E-state index < -0.39 is 0 Å². The van der Waals surface area contributed by atoms with Crippen molar-refractivity contribution in [2.24, 2.45) is 0 Å². The molecule has 8 heteroatoms. The first kappa shape index (κ1) is 20.5. The minimum Gasteiger partial charge on any atom is -0.349 e. The minimum atomic E-state index is -0.201. The molecule has 32 heavy (non-hydrogen) atoms. The highest BCUT2D eigenvalue weighted by atomic mass is 79.9. The first-order valence-electron chi connectivity index (χ1n) is 9.87. The summed E-state index contributed by atoms with van der Waals surface area (Å²) in [6.45, 7) is 0. The van der Waals surface area contributed by atoms with Gasteiger partial charge in [0.1, 0.15) is 11.0 Å². The lowest BCUT2D eigenvalue weighted by atomic mass is 10.2. The first-order chi connectivity index (χ1) is 15.6. The number of fused-ring (bicyclic) bond motifs is 3. The molecule has 158 valence electrons. The van der Waals surface area contributed by atoms with Crippen molar-refractivity contribution < 1.29 is 4.79 Å². The van der Waals surface area contributed by atoms with Crippen LogP contribution >= 0.6 is 27.7 Å². The summed E-state index contributed by atoms with van der Waals surface area (Å²) in [6.07, 6.45) is 0. The highest BCUT2D eigenvalue weighted by Crippen LogP contribution is 2.26. The van der Waals surface area contributed by atoms with Crippen LogP contribution in [-0.4, -0.2) is 26.2 Å². The smallest absolute Gasteiger partial charge is 0.283 e. The zero-order valence-electron chi connectivity index (χ0n) is 16.7. The van der Waals surface area contributed by atoms with Gasteiger partial charge in [-0.15, -0.1) is 0 Å². The molecule has 6 nitrogen and oxygen atoms in total. The van der Waals surface area contributed by atoms with Gasteiger partial charge in [-0.3, -0.25) is 14.2 Å². The average Bonchev–Trinajstić information content (AvgIpc) is 3.19. The Morgan fingerprint density at radius 2 is 1.72 bits per heavy atom. The second-order valence-electron chi connectivity index (χ2n) is 7.11. The number of carbonyl (C=O) groups excluding carboxylic acids is 1. The Morgan fingerprint density at radius 1 is 1.00 bits per heavy atom. The van der Waals surface area contributed by atoms with Gasteiger partial charge in [0.25, 0.3) is 5.56 Å². The molecule has 0 unspecified atom stereocenters. The van der Waals surface area contributed by atoms with E-state index in [9.17, 15) is 9.59 Å². The fourth-order valence-corrected chi connectivity index (χ4v) is 4.57. The first-order valence-corrected chi connectivity index (χ1v) is 11.6. The van der Waals surface area contributed by atoms with Gasteiger partial charge < -0.3 is 10.3 Å². The monoisotopic (exact) mass is 504 g/mol. The summed E-state index contributed by atoms with van der Waals surface area (Å²) in [6, 6.07) is 24.4. The van der Waals surface area contributed by atoms with Crippen LogP contribution in [0.25, 0.3) is 27.6 Å². The summed E-state index contributed by atoms with van der Waals surface area (Å²) in [5.41, 5.74) is 3.10. The van der Waals surface area contributed by atoms with Crippen molar-refractivity contribution in [3.8, 4) is 5.69 Å². The maximum absolute atomic E-state index is 13.5. The molecule has 2 heterocycles. The van der Waals surface area contributed by atoms with Crippen LogP contribution in [0.1, 0.15) is 0 Å². The van der Waals surface area contributed by atoms with Gasteiger partial charge in [0, 0.05) is 21.1 Å². The lowest BCUT2D eigenvalue weighted by Crippen LogP contribution is -2.23. The Balaban J connectivity index is 1.54. The zero-order valence-corrected chi connectivity index (χ0v) is 19.1. The molecule has 2 aromatic heterocycles. The Hall–Kier alpha value is -3.36. The van der Waals surface area contributed by atoms with Gasteiger partial charge >= 0.3 is 0 Å². The topological polar surface area (TPSA) is 79.8 Å². The third-order valence-electron chi connectivity index (χ3n) is 4.97. The Bertz CT molecular complexity index is 1490. The van der Waals surface area contributed by atoms with Crippen LogP contribution < -0.4 is 10.9 Å². The second-order valence-corrected chi connectivity index (χ2v) is 8.97. The van der Waals surface area contributed by atoms with Crippen LogP contribution in [0.3, 0.4) is 0 Å². The molecule has 0 aliphatic carbocycles. The van der Waals surface area contributed by atoms with Gasteiger partial charge in [-0.2, -0.15) is 0 Å². The molecule has 0 saturated heterocycles. The number of anilines is 1. The molecule has 0 atom stereocenters. The number of rotatable bonds is 5. The Kier molecular flexibility index (Phi) is 5.55. The normalized spacial score (nSPS) is 11.2. The van der Waals surface area contributed by atoms with E-state index in [1.807, 2.05) is 78.9 Å². The van der Waals surface area contributed by atoms with Crippen molar-refractivity contribution in [1.29, 1.82) is 0 Å². The molecule has 5 aromatic rings. The van der Waals surface area contributed by atoms with Crippen molar-refractivity contribution >= 4 is 61.2 Å². The average molecular weight is 505 g/mol. The van der Waals surface area contributed by atoms with Crippen molar-refractivity contribution in [1.82, 2.24) is 14.5 Å². The van der Waals surface area contributed by atoms with Crippen molar-refractivity contribution in [3.05, 3.63) is 93.7 Å². The number of hydrogen-bond acceptors (Lipinski definition) is 4. The van der Waals surface area contributed by atoms with E-state index in [0.29, 0.717) is 27.6 Å². The summed E-state index contributed by atoms with van der Waals surface area (Å²) >= 11 is 4.61. The van der Waals surface area contributed by atoms with E-state index in [-0.39, 0.29) is 17.2 Å². The summed E-state index contributed by atoms with van der Waals surface area (Å²) in [5, 5.41) is 4.21. The molecule has 0 spiro atoms. The molecular formula is C24H17BrN4O2S. The van der Waals surface area contributed by atoms with Crippen LogP contribution in [0.4, 0.5) is 5.69 Å². The van der Waals surface area contributed by atoms with Crippen LogP contribution in [0.2, 0.25) is 0 Å². The van der Waals surface area contributed by atoms with E-state index in [1.54, 1.807) is 4.57 Å². The fraction of sp³-hybridized carbons (Fsp3) is 0.0417. The number of nitrogens with one attached hydrogen (secondary N) is 2. The lowest BCUT2D eigenvalue weighted by molar-refractivity contribution is -0.113. The van der Waals surface area contributed by atoms with E-state index >= 15 is 0 Å². The SMILES string of the molecule is O=C(CSc1nc2c([nH]c3ccccc32)c(=O)n1-c1ccccc1)Nc1ccc(Br)cc1. The number of aromatic nitrogens is 3. The van der Waals surface area contributed by atoms with Gasteiger partial charge in [0.05, 0.1) is 11.4 Å². The molecule has 5 rings (SSSR count). The van der Waals surface area contributed by atoms with Crippen LogP contribution in [0, 0.1) is 0 Å². The number of H-pyrrole nitrogens is 1. The van der Waals surface area contributed by atoms with Crippen LogP contribution in [0.15, 0.2) is 93.3 Å². The third kappa shape index (κ3) is 3.94. The van der Waals surface area contributed by atoms with E-state index in [2.05, 4.69) is 26.2 Å². The molecule has 3 aromatic carbocycles. The summed E-state index contributed by atoms with van der Waals surface area (Å²) in [4.78, 5) is 34.0. The van der Waals surface area contributed by atoms with Crippen molar-refractivity contribution in [3.63, 3.8) is 0 Å². The molecule has 0 saturated carbocycles. The van der Waals surface area contributed by atoms with Crippen molar-refractivity contribution in [2.45, 2.75) is 5.16 Å². The second kappa shape index (κ2) is 8.64. The molecule has 1 amide bonds. The summed E-state index contributed by atoms with van der Waals surface area (Å²) in [7, 11) is 0. The molecular weight excluding hydrogens is 488 g/mol. The number of amides is 1. The van der Waals surface area contributed by atoms with Crippen molar-refractivity contribution in [2.75, 3.05) is 11.1 Å². The molecule has 0 aliphatic heterocycles. The van der Waals surface area contributed by atoms with Gasteiger partial charge in [-0.05, 0) is 42.5 Å². The number of carbonyl (C=O) groups is 1. The van der Waals surface area contributed by atoms with E-state index in [1.165, 1.54) is 11.8 Å². The molecule has 0 fully saturated rings. The highest BCUT2D eigenvalue weighted by molar-refractivity contribution is 9.10. The standard InChI is InChI=1S/C24H17BrN4O2S/c25-15-10-12-16(13-11-15)26-20(30)14-32-24-28-21-18-8-4-5-9-19(18)27-22(21)23(31)29(24)17-6-2-1-3-7-17/h1-13,27H,14H2,(H,26,30). The van der Waals surface area contributed by atoms with Crippen LogP contribution in [0.5, 0.6) is 0 Å². The van der Waals surface area contributed by atoms with E-state index in [4.69, 9.17) is 4.98 Å². The number of para-hydroxylation sites is 2. The molecule has 0 bridgehead atoms. The van der Waals surface area contributed by atoms with Gasteiger partial charge in [0.15, 0.2) is 5.16 Å². The number of aromatic amines is 1. The number of thioether (sulfide) groups is 1. The minimum absolute atomic E-state index is 0.114. The van der Waals surface area contributed by atoms with Crippen LogP contribution in [-0.2, 0) is 4.79 Å². The third-order valence-corrected chi connectivity index (χ3v) is 6.44. The molecule has 2 N–H and O–H groups in total. The number of benzene rings is 3. The fourth-order valence-electron chi connectivity index (χ4n) is 3.50. The molecule has 0 radical (unpaired) electrons. The Labute approximate surface area is 195 Å². The number of nitrogens with zero attached hydrogens (tertiary/aromatic N) is 2. The maximum Gasteiger partial charge on any atom is 0.283 e. The number of hydrogen-bond donors (Lipinski definition) is 2. The Morgan fingerprint density at radius 3 is 2.50 bits per heavy atom. The predicted molar refractivity (Wildman–Crippen MR) is 133 cm³/mol. The zero-order chi connectivity index (χ0) is 22.1. The van der Waals surface area contributed by atoms with Gasteiger partial charge in [-0.25, -0.2) is 4.98 Å².